The number of nitrogens with zero attached hydrogens (tertiary/aromatic N) is 1. The second-order valence-electron chi connectivity index (χ2n) is 3.54. The van der Waals surface area contributed by atoms with Gasteiger partial charge in [-0.1, -0.05) is 24.9 Å². The van der Waals surface area contributed by atoms with E-state index in [1.54, 1.807) is 12.4 Å². The zero-order chi connectivity index (χ0) is 10.4. The van der Waals surface area contributed by atoms with Crippen LogP contribution in [0, 0.1) is 0 Å². The maximum absolute atomic E-state index is 5.98. The normalized spacial score (nSPS) is 12.8. The number of nitrogens with one attached hydrogen (secondary N) is 1. The Bertz CT molecular complexity index is 276. The van der Waals surface area contributed by atoms with Gasteiger partial charge in [0.15, 0.2) is 0 Å². The van der Waals surface area contributed by atoms with E-state index in [0.29, 0.717) is 6.04 Å². The third-order valence-corrected chi connectivity index (χ3v) is 2.56. The number of hydrogen-bond acceptors (Lipinski definition) is 2. The molecule has 0 saturated carbocycles. The van der Waals surface area contributed by atoms with Gasteiger partial charge in [0.2, 0.25) is 0 Å². The van der Waals surface area contributed by atoms with Crippen molar-refractivity contribution in [2.24, 2.45) is 0 Å². The maximum atomic E-state index is 5.98. The second-order valence-corrected chi connectivity index (χ2v) is 3.94. The maximum Gasteiger partial charge on any atom is 0.0634 e. The highest BCUT2D eigenvalue weighted by Crippen LogP contribution is 2.13. The van der Waals surface area contributed by atoms with Crippen molar-refractivity contribution in [1.29, 1.82) is 0 Å². The quantitative estimate of drug-likeness (QED) is 0.812. The molecular formula is C11H17ClN2. The SMILES string of the molecule is CCCC(C)NCc1ccncc1Cl. The van der Waals surface area contributed by atoms with Crippen LogP contribution in [-0.4, -0.2) is 11.0 Å². The van der Waals surface area contributed by atoms with Gasteiger partial charge in [-0.3, -0.25) is 4.98 Å². The Hall–Kier alpha value is -0.600. The monoisotopic (exact) mass is 212 g/mol. The van der Waals surface area contributed by atoms with Crippen LogP contribution in [0.5, 0.6) is 0 Å². The summed E-state index contributed by atoms with van der Waals surface area (Å²) in [5, 5.41) is 4.17. The van der Waals surface area contributed by atoms with Gasteiger partial charge < -0.3 is 5.32 Å². The Kier molecular flexibility index (Phi) is 4.91. The molecule has 1 aromatic heterocycles. The number of rotatable bonds is 5. The lowest BCUT2D eigenvalue weighted by molar-refractivity contribution is 0.508. The lowest BCUT2D eigenvalue weighted by Crippen LogP contribution is -2.25. The summed E-state index contributed by atoms with van der Waals surface area (Å²) in [7, 11) is 0. The molecule has 0 bridgehead atoms. The topological polar surface area (TPSA) is 24.9 Å². The molecule has 0 aliphatic heterocycles. The van der Waals surface area contributed by atoms with Gasteiger partial charge in [-0.2, -0.15) is 0 Å². The van der Waals surface area contributed by atoms with Crippen LogP contribution < -0.4 is 5.32 Å². The van der Waals surface area contributed by atoms with Crippen LogP contribution in [0.15, 0.2) is 18.5 Å². The molecule has 0 aromatic carbocycles. The lowest BCUT2D eigenvalue weighted by atomic mass is 10.2. The van der Waals surface area contributed by atoms with Crippen LogP contribution in [0.25, 0.3) is 0 Å². The van der Waals surface area contributed by atoms with E-state index in [4.69, 9.17) is 11.6 Å². The first-order valence-corrected chi connectivity index (χ1v) is 5.43. The van der Waals surface area contributed by atoms with Gasteiger partial charge in [0.05, 0.1) is 5.02 Å². The van der Waals surface area contributed by atoms with Crippen LogP contribution in [0.4, 0.5) is 0 Å². The Morgan fingerprint density at radius 3 is 3.00 bits per heavy atom. The van der Waals surface area contributed by atoms with E-state index in [2.05, 4.69) is 24.1 Å². The molecule has 0 aliphatic carbocycles. The average molecular weight is 213 g/mol. The zero-order valence-corrected chi connectivity index (χ0v) is 9.51. The zero-order valence-electron chi connectivity index (χ0n) is 8.76. The van der Waals surface area contributed by atoms with E-state index < -0.39 is 0 Å². The minimum absolute atomic E-state index is 0.546. The average Bonchev–Trinajstić information content (AvgIpc) is 2.17. The molecule has 2 nitrogen and oxygen atoms in total. The fourth-order valence-corrected chi connectivity index (χ4v) is 1.55. The molecule has 3 heteroatoms. The molecular weight excluding hydrogens is 196 g/mol. The minimum Gasteiger partial charge on any atom is -0.310 e. The fraction of sp³-hybridized carbons (Fsp3) is 0.545. The van der Waals surface area contributed by atoms with E-state index in [1.165, 1.54) is 12.8 Å². The third kappa shape index (κ3) is 3.64. The predicted molar refractivity (Wildman–Crippen MR) is 60.5 cm³/mol. The Morgan fingerprint density at radius 2 is 2.36 bits per heavy atom. The van der Waals surface area contributed by atoms with Crippen LogP contribution in [0.2, 0.25) is 5.02 Å². The smallest absolute Gasteiger partial charge is 0.0634 e. The predicted octanol–water partition coefficient (Wildman–Crippen LogP) is 3.01. The first-order chi connectivity index (χ1) is 6.74. The van der Waals surface area contributed by atoms with E-state index in [-0.39, 0.29) is 0 Å². The summed E-state index contributed by atoms with van der Waals surface area (Å²) < 4.78 is 0. The van der Waals surface area contributed by atoms with Gasteiger partial charge >= 0.3 is 0 Å². The van der Waals surface area contributed by atoms with Crippen LogP contribution in [0.3, 0.4) is 0 Å². The third-order valence-electron chi connectivity index (χ3n) is 2.22. The molecule has 1 aromatic rings. The van der Waals surface area contributed by atoms with Crippen molar-refractivity contribution in [3.05, 3.63) is 29.0 Å². The van der Waals surface area contributed by atoms with Gasteiger partial charge in [-0.25, -0.2) is 0 Å². The Morgan fingerprint density at radius 1 is 1.57 bits per heavy atom. The van der Waals surface area contributed by atoms with Gasteiger partial charge in [-0.05, 0) is 25.0 Å². The van der Waals surface area contributed by atoms with E-state index in [0.717, 1.165) is 17.1 Å². The summed E-state index contributed by atoms with van der Waals surface area (Å²) in [5.41, 5.74) is 1.12. The Balaban J connectivity index is 2.41. The number of hydrogen-bond donors (Lipinski definition) is 1. The molecule has 0 fully saturated rings. The highest BCUT2D eigenvalue weighted by atomic mass is 35.5. The molecule has 14 heavy (non-hydrogen) atoms. The minimum atomic E-state index is 0.546. The molecule has 1 rings (SSSR count). The van der Waals surface area contributed by atoms with E-state index >= 15 is 0 Å². The molecule has 78 valence electrons. The standard InChI is InChI=1S/C11H17ClN2/c1-3-4-9(2)14-7-10-5-6-13-8-11(10)12/h5-6,8-9,14H,3-4,7H2,1-2H3. The molecule has 0 saturated heterocycles. The van der Waals surface area contributed by atoms with Crippen molar-refractivity contribution in [2.45, 2.75) is 39.3 Å². The summed E-state index contributed by atoms with van der Waals surface area (Å²) in [6.45, 7) is 5.21. The van der Waals surface area contributed by atoms with Crippen LogP contribution >= 0.6 is 11.6 Å². The summed E-state index contributed by atoms with van der Waals surface area (Å²) >= 11 is 5.98. The lowest BCUT2D eigenvalue weighted by Gasteiger charge is -2.12. The van der Waals surface area contributed by atoms with Gasteiger partial charge in [0, 0.05) is 25.0 Å². The molecule has 1 N–H and O–H groups in total. The van der Waals surface area contributed by atoms with Crippen LogP contribution in [-0.2, 0) is 6.54 Å². The summed E-state index contributed by atoms with van der Waals surface area (Å²) in [6, 6.07) is 2.50. The van der Waals surface area contributed by atoms with Crippen molar-refractivity contribution in [3.63, 3.8) is 0 Å². The largest absolute Gasteiger partial charge is 0.310 e. The number of pyridine rings is 1. The molecule has 0 spiro atoms. The number of halogens is 1. The van der Waals surface area contributed by atoms with Crippen molar-refractivity contribution in [3.8, 4) is 0 Å². The molecule has 0 amide bonds. The van der Waals surface area contributed by atoms with E-state index in [1.807, 2.05) is 6.07 Å². The Labute approximate surface area is 90.7 Å². The van der Waals surface area contributed by atoms with Crippen LogP contribution in [0.1, 0.15) is 32.3 Å². The van der Waals surface area contributed by atoms with E-state index in [9.17, 15) is 0 Å². The molecule has 0 aliphatic rings. The van der Waals surface area contributed by atoms with Crippen molar-refractivity contribution in [1.82, 2.24) is 10.3 Å². The molecule has 1 unspecified atom stereocenters. The fourth-order valence-electron chi connectivity index (χ4n) is 1.37. The first kappa shape index (κ1) is 11.5. The highest BCUT2D eigenvalue weighted by Gasteiger charge is 2.02. The number of aromatic nitrogens is 1. The molecule has 1 heterocycles. The van der Waals surface area contributed by atoms with Crippen molar-refractivity contribution in [2.75, 3.05) is 0 Å². The van der Waals surface area contributed by atoms with Crippen molar-refractivity contribution >= 4 is 11.6 Å². The summed E-state index contributed by atoms with van der Waals surface area (Å²) in [5.74, 6) is 0. The first-order valence-electron chi connectivity index (χ1n) is 5.05. The second kappa shape index (κ2) is 5.99. The molecule has 0 radical (unpaired) electrons. The summed E-state index contributed by atoms with van der Waals surface area (Å²) in [4.78, 5) is 3.95. The van der Waals surface area contributed by atoms with Crippen molar-refractivity contribution < 1.29 is 0 Å². The van der Waals surface area contributed by atoms with Gasteiger partial charge in [0.1, 0.15) is 0 Å². The van der Waals surface area contributed by atoms with Gasteiger partial charge in [-0.15, -0.1) is 0 Å². The highest BCUT2D eigenvalue weighted by molar-refractivity contribution is 6.31. The summed E-state index contributed by atoms with van der Waals surface area (Å²) in [6.07, 6.45) is 5.86. The molecule has 1 atom stereocenters. The van der Waals surface area contributed by atoms with Gasteiger partial charge in [0.25, 0.3) is 0 Å².